The normalized spacial score (nSPS) is 12.0. The second-order valence-electron chi connectivity index (χ2n) is 11.5. The average molecular weight is 578 g/mol. The van der Waals surface area contributed by atoms with Gasteiger partial charge >= 0.3 is 0 Å². The Morgan fingerprint density at radius 2 is 1.07 bits per heavy atom. The zero-order valence-corrected chi connectivity index (χ0v) is 24.8. The van der Waals surface area contributed by atoms with Crippen LogP contribution in [0.1, 0.15) is 11.3 Å². The maximum atomic E-state index is 5.27. The molecule has 0 spiro atoms. The second-order valence-corrected chi connectivity index (χ2v) is 12.6. The van der Waals surface area contributed by atoms with Gasteiger partial charge in [0, 0.05) is 37.7 Å². The number of rotatable bonds is 4. The van der Waals surface area contributed by atoms with Crippen molar-refractivity contribution in [3.63, 3.8) is 0 Å². The van der Waals surface area contributed by atoms with Crippen molar-refractivity contribution in [1.29, 1.82) is 0 Å². The molecular weight excluding hydrogens is 551 g/mol. The molecule has 0 aliphatic heterocycles. The Labute approximate surface area is 260 Å². The molecule has 2 aromatic heterocycles. The molecule has 0 fully saturated rings. The lowest BCUT2D eigenvalue weighted by molar-refractivity contribution is 1.13. The van der Waals surface area contributed by atoms with E-state index in [2.05, 4.69) is 152 Å². The van der Waals surface area contributed by atoms with Crippen molar-refractivity contribution in [3.05, 3.63) is 163 Å². The summed E-state index contributed by atoms with van der Waals surface area (Å²) in [4.78, 5) is 5.27. The summed E-state index contributed by atoms with van der Waals surface area (Å²) in [6.45, 7) is 0. The van der Waals surface area contributed by atoms with Gasteiger partial charge in [-0.15, -0.1) is 11.3 Å². The van der Waals surface area contributed by atoms with Crippen molar-refractivity contribution in [1.82, 2.24) is 4.98 Å². The molecule has 0 saturated carbocycles. The van der Waals surface area contributed by atoms with Crippen molar-refractivity contribution >= 4 is 31.5 Å². The first-order chi connectivity index (χ1) is 21.8. The molecule has 9 rings (SSSR count). The van der Waals surface area contributed by atoms with E-state index in [-0.39, 0.29) is 0 Å². The first-order valence-electron chi connectivity index (χ1n) is 15.1. The number of hydrogen-bond acceptors (Lipinski definition) is 2. The minimum absolute atomic E-state index is 0.838. The standard InChI is InChI=1S/C42H27NS/c1-2-10-27(11-3-1)28-12-6-13-29(24-28)32-17-8-19-34-35-22-23-39(43-40(35)26-38(32)34)31-15-7-14-30(25-31)33-18-9-20-37-36-16-4-5-21-41(36)44-42(33)37/h1-25H,26H2. The summed E-state index contributed by atoms with van der Waals surface area (Å²) in [5, 5.41) is 2.66. The molecule has 206 valence electrons. The zero-order chi connectivity index (χ0) is 29.0. The van der Waals surface area contributed by atoms with Crippen LogP contribution in [0.25, 0.3) is 75.9 Å². The van der Waals surface area contributed by atoms with E-state index in [1.54, 1.807) is 0 Å². The number of hydrogen-bond donors (Lipinski definition) is 0. The largest absolute Gasteiger partial charge is 0.252 e. The van der Waals surface area contributed by atoms with Crippen LogP contribution < -0.4 is 0 Å². The molecule has 0 N–H and O–H groups in total. The van der Waals surface area contributed by atoms with Crippen LogP contribution in [-0.2, 0) is 6.42 Å². The van der Waals surface area contributed by atoms with Crippen LogP contribution in [0.15, 0.2) is 152 Å². The number of pyridine rings is 1. The molecule has 6 aromatic carbocycles. The molecule has 1 nitrogen and oxygen atoms in total. The Bertz CT molecular complexity index is 2360. The third kappa shape index (κ3) is 4.11. The molecule has 44 heavy (non-hydrogen) atoms. The van der Waals surface area contributed by atoms with E-state index in [0.717, 1.165) is 23.4 Å². The first-order valence-corrected chi connectivity index (χ1v) is 15.9. The smallest absolute Gasteiger partial charge is 0.0706 e. The van der Waals surface area contributed by atoms with Crippen molar-refractivity contribution in [2.45, 2.75) is 6.42 Å². The molecule has 0 radical (unpaired) electrons. The number of aromatic nitrogens is 1. The molecule has 0 amide bonds. The molecular formula is C42H27NS. The van der Waals surface area contributed by atoms with Gasteiger partial charge in [0.2, 0.25) is 0 Å². The van der Waals surface area contributed by atoms with Gasteiger partial charge in [-0.2, -0.15) is 0 Å². The highest BCUT2D eigenvalue weighted by atomic mass is 32.1. The molecule has 1 aliphatic rings. The molecule has 0 atom stereocenters. The lowest BCUT2D eigenvalue weighted by Crippen LogP contribution is -1.92. The lowest BCUT2D eigenvalue weighted by atomic mass is 9.93. The van der Waals surface area contributed by atoms with Crippen LogP contribution in [0.2, 0.25) is 0 Å². The van der Waals surface area contributed by atoms with E-state index in [1.165, 1.54) is 70.2 Å². The summed E-state index contributed by atoms with van der Waals surface area (Å²) < 4.78 is 2.67. The molecule has 8 aromatic rings. The van der Waals surface area contributed by atoms with Gasteiger partial charge in [0.25, 0.3) is 0 Å². The van der Waals surface area contributed by atoms with Crippen LogP contribution in [0.3, 0.4) is 0 Å². The van der Waals surface area contributed by atoms with E-state index < -0.39 is 0 Å². The maximum Gasteiger partial charge on any atom is 0.0706 e. The first kappa shape index (κ1) is 25.2. The zero-order valence-electron chi connectivity index (χ0n) is 24.0. The summed E-state index contributed by atoms with van der Waals surface area (Å²) in [5.41, 5.74) is 14.8. The minimum atomic E-state index is 0.838. The van der Waals surface area contributed by atoms with Gasteiger partial charge in [0.1, 0.15) is 0 Å². The highest BCUT2D eigenvalue weighted by Gasteiger charge is 2.23. The summed E-state index contributed by atoms with van der Waals surface area (Å²) >= 11 is 1.88. The maximum absolute atomic E-state index is 5.27. The quantitative estimate of drug-likeness (QED) is 0.203. The highest BCUT2D eigenvalue weighted by Crippen LogP contribution is 2.43. The van der Waals surface area contributed by atoms with Crippen molar-refractivity contribution in [2.75, 3.05) is 0 Å². The van der Waals surface area contributed by atoms with Crippen molar-refractivity contribution in [3.8, 4) is 55.8 Å². The van der Waals surface area contributed by atoms with E-state index in [0.29, 0.717) is 0 Å². The Morgan fingerprint density at radius 1 is 0.432 bits per heavy atom. The third-order valence-electron chi connectivity index (χ3n) is 8.94. The van der Waals surface area contributed by atoms with Gasteiger partial charge in [-0.3, -0.25) is 4.98 Å². The Morgan fingerprint density at radius 3 is 1.98 bits per heavy atom. The summed E-state index contributed by atoms with van der Waals surface area (Å²) in [6, 6.07) is 54.9. The number of fused-ring (bicyclic) bond motifs is 6. The molecule has 0 saturated heterocycles. The predicted molar refractivity (Wildman–Crippen MR) is 187 cm³/mol. The van der Waals surface area contributed by atoms with E-state index in [4.69, 9.17) is 4.98 Å². The summed E-state index contributed by atoms with van der Waals surface area (Å²) in [7, 11) is 0. The molecule has 2 heterocycles. The van der Waals surface area contributed by atoms with Crippen LogP contribution in [0.5, 0.6) is 0 Å². The van der Waals surface area contributed by atoms with Crippen LogP contribution >= 0.6 is 11.3 Å². The Balaban J connectivity index is 1.08. The van der Waals surface area contributed by atoms with Gasteiger partial charge in [0.15, 0.2) is 0 Å². The highest BCUT2D eigenvalue weighted by molar-refractivity contribution is 7.26. The van der Waals surface area contributed by atoms with Gasteiger partial charge < -0.3 is 0 Å². The monoisotopic (exact) mass is 577 g/mol. The van der Waals surface area contributed by atoms with Gasteiger partial charge in [0.05, 0.1) is 11.4 Å². The summed E-state index contributed by atoms with van der Waals surface area (Å²) in [5.74, 6) is 0. The molecule has 0 bridgehead atoms. The van der Waals surface area contributed by atoms with Crippen molar-refractivity contribution in [2.24, 2.45) is 0 Å². The topological polar surface area (TPSA) is 12.9 Å². The molecule has 0 unspecified atom stereocenters. The lowest BCUT2D eigenvalue weighted by Gasteiger charge is -2.11. The number of thiophene rings is 1. The van der Waals surface area contributed by atoms with Crippen molar-refractivity contribution < 1.29 is 0 Å². The van der Waals surface area contributed by atoms with Gasteiger partial charge in [-0.05, 0) is 68.8 Å². The third-order valence-corrected chi connectivity index (χ3v) is 10.2. The van der Waals surface area contributed by atoms with E-state index in [1.807, 2.05) is 11.3 Å². The second kappa shape index (κ2) is 10.2. The van der Waals surface area contributed by atoms with E-state index in [9.17, 15) is 0 Å². The Hall–Kier alpha value is -5.31. The molecule has 2 heteroatoms. The fraction of sp³-hybridized carbons (Fsp3) is 0.0238. The fourth-order valence-corrected chi connectivity index (χ4v) is 8.07. The summed E-state index contributed by atoms with van der Waals surface area (Å²) in [6.07, 6.45) is 0.838. The molecule has 1 aliphatic carbocycles. The van der Waals surface area contributed by atoms with Crippen LogP contribution in [0.4, 0.5) is 0 Å². The number of nitrogens with zero attached hydrogens (tertiary/aromatic N) is 1. The van der Waals surface area contributed by atoms with Gasteiger partial charge in [-0.1, -0.05) is 127 Å². The fourth-order valence-electron chi connectivity index (χ4n) is 6.83. The Kier molecular flexibility index (Phi) is 5.82. The van der Waals surface area contributed by atoms with E-state index >= 15 is 0 Å². The van der Waals surface area contributed by atoms with Crippen LogP contribution in [0, 0.1) is 0 Å². The SMILES string of the molecule is c1ccc(-c2cccc(-c3cccc4c3Cc3nc(-c5cccc(-c6cccc7c6sc6ccccc67)c5)ccc3-4)c2)cc1. The minimum Gasteiger partial charge on any atom is -0.252 e. The number of benzene rings is 6. The van der Waals surface area contributed by atoms with Gasteiger partial charge in [-0.25, -0.2) is 0 Å². The average Bonchev–Trinajstić information content (AvgIpc) is 3.67. The predicted octanol–water partition coefficient (Wildman–Crippen LogP) is 11.7. The van der Waals surface area contributed by atoms with Crippen LogP contribution in [-0.4, -0.2) is 4.98 Å².